The largest absolute Gasteiger partial charge is 0.338 e. The van der Waals surface area contributed by atoms with Gasteiger partial charge in [0.15, 0.2) is 0 Å². The molecule has 1 aromatic heterocycles. The maximum atomic E-state index is 4.04. The highest BCUT2D eigenvalue weighted by Crippen LogP contribution is 2.31. The van der Waals surface area contributed by atoms with Crippen LogP contribution in [0.15, 0.2) is 54.7 Å². The Balaban J connectivity index is 2.41. The summed E-state index contributed by atoms with van der Waals surface area (Å²) >= 11 is 0. The summed E-state index contributed by atoms with van der Waals surface area (Å²) in [6, 6.07) is 16.2. The van der Waals surface area contributed by atoms with Gasteiger partial charge in [0.1, 0.15) is 8.07 Å². The number of nitrogens with zero attached hydrogens (tertiary/aromatic N) is 1. The second-order valence-corrected chi connectivity index (χ2v) is 11.1. The van der Waals surface area contributed by atoms with Crippen LogP contribution in [0.1, 0.15) is 19.9 Å². The lowest BCUT2D eigenvalue weighted by Crippen LogP contribution is -2.39. The number of para-hydroxylation sites is 1. The zero-order valence-electron chi connectivity index (χ0n) is 13.4. The molecule has 0 aliphatic carbocycles. The average Bonchev–Trinajstić information content (AvgIpc) is 2.81. The van der Waals surface area contributed by atoms with Gasteiger partial charge in [-0.15, -0.1) is 6.58 Å². The molecule has 2 aromatic carbocycles. The molecule has 21 heavy (non-hydrogen) atoms. The molecule has 0 aliphatic rings. The zero-order chi connectivity index (χ0) is 15.2. The summed E-state index contributed by atoms with van der Waals surface area (Å²) in [4.78, 5) is 0. The highest BCUT2D eigenvalue weighted by atomic mass is 28.3. The second kappa shape index (κ2) is 4.88. The predicted molar refractivity (Wildman–Crippen MR) is 97.1 cm³/mol. The molecule has 0 bridgehead atoms. The topological polar surface area (TPSA) is 4.93 Å². The SMILES string of the molecule is C=C[Si](C)(C)c1ccc2c(c1)c1ccccc1n2C(C)C. The van der Waals surface area contributed by atoms with Crippen LogP contribution >= 0.6 is 0 Å². The fourth-order valence-electron chi connectivity index (χ4n) is 3.08. The monoisotopic (exact) mass is 293 g/mol. The van der Waals surface area contributed by atoms with E-state index < -0.39 is 8.07 Å². The van der Waals surface area contributed by atoms with E-state index >= 15 is 0 Å². The Kier molecular flexibility index (Phi) is 3.29. The van der Waals surface area contributed by atoms with Crippen molar-refractivity contribution in [2.75, 3.05) is 0 Å². The van der Waals surface area contributed by atoms with Crippen molar-refractivity contribution in [3.8, 4) is 0 Å². The molecule has 3 rings (SSSR count). The average molecular weight is 293 g/mol. The van der Waals surface area contributed by atoms with Gasteiger partial charge in [0, 0.05) is 27.8 Å². The molecule has 0 saturated heterocycles. The molecule has 0 saturated carbocycles. The van der Waals surface area contributed by atoms with Crippen molar-refractivity contribution < 1.29 is 0 Å². The van der Waals surface area contributed by atoms with Crippen LogP contribution in [0.3, 0.4) is 0 Å². The molecule has 0 fully saturated rings. The first-order chi connectivity index (χ1) is 9.95. The molecule has 1 heterocycles. The third kappa shape index (κ3) is 2.14. The molecular formula is C19H23NSi. The van der Waals surface area contributed by atoms with E-state index in [4.69, 9.17) is 0 Å². The third-order valence-corrected chi connectivity index (χ3v) is 7.30. The maximum absolute atomic E-state index is 4.04. The first-order valence-corrected chi connectivity index (χ1v) is 10.7. The van der Waals surface area contributed by atoms with Gasteiger partial charge in [0.2, 0.25) is 0 Å². The molecule has 0 spiro atoms. The smallest absolute Gasteiger partial charge is 0.103 e. The van der Waals surface area contributed by atoms with Gasteiger partial charge < -0.3 is 4.57 Å². The standard InChI is InChI=1S/C19H23NSi/c1-6-21(4,5)15-11-12-19-17(13-15)16-9-7-8-10-18(16)20(19)14(2)3/h6-14H,1H2,2-5H3. The molecular weight excluding hydrogens is 270 g/mol. The Bertz CT molecular complexity index is 824. The van der Waals surface area contributed by atoms with E-state index in [1.807, 2.05) is 0 Å². The zero-order valence-corrected chi connectivity index (χ0v) is 14.4. The summed E-state index contributed by atoms with van der Waals surface area (Å²) < 4.78 is 2.44. The minimum absolute atomic E-state index is 0.461. The van der Waals surface area contributed by atoms with Crippen molar-refractivity contribution in [1.82, 2.24) is 4.57 Å². The summed E-state index contributed by atoms with van der Waals surface area (Å²) in [6.07, 6.45) is 0. The van der Waals surface area contributed by atoms with E-state index in [1.54, 1.807) is 0 Å². The molecule has 0 N–H and O–H groups in total. The van der Waals surface area contributed by atoms with E-state index in [2.05, 4.69) is 86.3 Å². The minimum atomic E-state index is -1.52. The van der Waals surface area contributed by atoms with Crippen molar-refractivity contribution in [1.29, 1.82) is 0 Å². The quantitative estimate of drug-likeness (QED) is 0.598. The van der Waals surface area contributed by atoms with Crippen LogP contribution in [0.2, 0.25) is 13.1 Å². The van der Waals surface area contributed by atoms with E-state index in [0.29, 0.717) is 6.04 Å². The normalized spacial score (nSPS) is 12.4. The molecule has 108 valence electrons. The van der Waals surface area contributed by atoms with Crippen LogP contribution in [0.25, 0.3) is 21.8 Å². The molecule has 0 amide bonds. The van der Waals surface area contributed by atoms with Crippen LogP contribution in [0.4, 0.5) is 0 Å². The number of aromatic nitrogens is 1. The molecule has 0 aliphatic heterocycles. The van der Waals surface area contributed by atoms with E-state index in [1.165, 1.54) is 27.0 Å². The lowest BCUT2D eigenvalue weighted by molar-refractivity contribution is 0.642. The van der Waals surface area contributed by atoms with Crippen molar-refractivity contribution in [3.05, 3.63) is 54.7 Å². The van der Waals surface area contributed by atoms with Crippen molar-refractivity contribution >= 4 is 35.1 Å². The second-order valence-electron chi connectivity index (χ2n) is 6.64. The molecule has 0 radical (unpaired) electrons. The first kappa shape index (κ1) is 14.1. The Morgan fingerprint density at radius 3 is 2.33 bits per heavy atom. The Labute approximate surface area is 127 Å². The maximum Gasteiger partial charge on any atom is 0.103 e. The van der Waals surface area contributed by atoms with Crippen LogP contribution in [-0.4, -0.2) is 12.6 Å². The minimum Gasteiger partial charge on any atom is -0.338 e. The lowest BCUT2D eigenvalue weighted by atomic mass is 10.1. The number of benzene rings is 2. The highest BCUT2D eigenvalue weighted by molar-refractivity contribution is 6.94. The van der Waals surface area contributed by atoms with E-state index in [-0.39, 0.29) is 0 Å². The number of hydrogen-bond acceptors (Lipinski definition) is 0. The predicted octanol–water partition coefficient (Wildman–Crippen LogP) is 5.02. The van der Waals surface area contributed by atoms with Crippen LogP contribution < -0.4 is 5.19 Å². The summed E-state index contributed by atoms with van der Waals surface area (Å²) in [5, 5.41) is 4.19. The lowest BCUT2D eigenvalue weighted by Gasteiger charge is -2.18. The highest BCUT2D eigenvalue weighted by Gasteiger charge is 2.21. The van der Waals surface area contributed by atoms with E-state index in [9.17, 15) is 0 Å². The van der Waals surface area contributed by atoms with Gasteiger partial charge in [-0.25, -0.2) is 0 Å². The van der Waals surface area contributed by atoms with Crippen LogP contribution in [-0.2, 0) is 0 Å². The van der Waals surface area contributed by atoms with Gasteiger partial charge in [0.25, 0.3) is 0 Å². The summed E-state index contributed by atoms with van der Waals surface area (Å²) in [7, 11) is -1.52. The summed E-state index contributed by atoms with van der Waals surface area (Å²) in [6.45, 7) is 13.2. The third-order valence-electron chi connectivity index (χ3n) is 4.48. The fraction of sp³-hybridized carbons (Fsp3) is 0.263. The van der Waals surface area contributed by atoms with Crippen molar-refractivity contribution in [3.63, 3.8) is 0 Å². The van der Waals surface area contributed by atoms with Gasteiger partial charge in [-0.3, -0.25) is 0 Å². The van der Waals surface area contributed by atoms with Crippen LogP contribution in [0.5, 0.6) is 0 Å². The summed E-state index contributed by atoms with van der Waals surface area (Å²) in [5.41, 5.74) is 4.83. The van der Waals surface area contributed by atoms with Crippen LogP contribution in [0, 0.1) is 0 Å². The Morgan fingerprint density at radius 2 is 1.67 bits per heavy atom. The fourth-order valence-corrected chi connectivity index (χ4v) is 4.34. The van der Waals surface area contributed by atoms with Gasteiger partial charge >= 0.3 is 0 Å². The Hall–Kier alpha value is -1.80. The number of fused-ring (bicyclic) bond motifs is 3. The molecule has 2 heteroatoms. The van der Waals surface area contributed by atoms with E-state index in [0.717, 1.165) is 0 Å². The molecule has 0 atom stereocenters. The van der Waals surface area contributed by atoms with Gasteiger partial charge in [-0.2, -0.15) is 0 Å². The van der Waals surface area contributed by atoms with Gasteiger partial charge in [-0.05, 0) is 26.0 Å². The molecule has 0 unspecified atom stereocenters. The number of hydrogen-bond donors (Lipinski definition) is 0. The first-order valence-electron chi connectivity index (χ1n) is 7.62. The van der Waals surface area contributed by atoms with Gasteiger partial charge in [0.05, 0.1) is 0 Å². The summed E-state index contributed by atoms with van der Waals surface area (Å²) in [5.74, 6) is 0. The molecule has 3 aromatic rings. The molecule has 1 nitrogen and oxygen atoms in total. The van der Waals surface area contributed by atoms with Crippen molar-refractivity contribution in [2.24, 2.45) is 0 Å². The van der Waals surface area contributed by atoms with Gasteiger partial charge in [-0.1, -0.05) is 54.3 Å². The Morgan fingerprint density at radius 1 is 1.00 bits per heavy atom. The number of rotatable bonds is 3. The van der Waals surface area contributed by atoms with Crippen molar-refractivity contribution in [2.45, 2.75) is 33.0 Å².